The van der Waals surface area contributed by atoms with Crippen LogP contribution in [-0.2, 0) is 20.3 Å². The molecule has 0 spiro atoms. The van der Waals surface area contributed by atoms with Crippen LogP contribution in [0.1, 0.15) is 50.2 Å². The lowest BCUT2D eigenvalue weighted by molar-refractivity contribution is 0.122. The minimum absolute atomic E-state index is 0.137. The van der Waals surface area contributed by atoms with Gasteiger partial charge < -0.3 is 29.5 Å². The molecule has 12 rings (SSSR count). The number of rotatable bonds is 5. The van der Waals surface area contributed by atoms with Crippen molar-refractivity contribution in [2.45, 2.75) is 52.4 Å². The van der Waals surface area contributed by atoms with Crippen LogP contribution in [0.2, 0.25) is 5.02 Å². The highest BCUT2D eigenvalue weighted by atomic mass is 35.5. The molecule has 71 heavy (non-hydrogen) atoms. The number of aromatic nitrogens is 6. The van der Waals surface area contributed by atoms with Crippen LogP contribution >= 0.6 is 11.6 Å². The fourth-order valence-corrected chi connectivity index (χ4v) is 10.2. The standard InChI is InChI=1S/C28H28FN5O.C15H10ClFN2.C13H19N3O/c1-18-24(19-6-4-7-20(29)14-19)32-27-22(8-5-9-30-27)25(18)34-17-28(2,3)26-23(34)15-21(16-31-26)33-10-12-35-13-11-33;1-9-13(16)12-6-3-7-18-15(12)19-14(9)10-4-2-5-11(17)8-10;1-13(2)9-15-11-7-10(8-14-12(11)13)16-3-5-17-6-4-16/h4-9,14-16H,10-13,17H2,1-3H3;2-8H,1H3;7-8,15H,3-6,9H2,1-2H3. The maximum Gasteiger partial charge on any atom is 0.161 e. The highest BCUT2D eigenvalue weighted by Crippen LogP contribution is 2.48. The number of anilines is 5. The Hall–Kier alpha value is -6.87. The Morgan fingerprint density at radius 3 is 1.73 bits per heavy atom. The quantitative estimate of drug-likeness (QED) is 0.177. The summed E-state index contributed by atoms with van der Waals surface area (Å²) in [6.07, 6.45) is 7.41. The van der Waals surface area contributed by atoms with E-state index in [1.165, 1.54) is 41.3 Å². The van der Waals surface area contributed by atoms with E-state index in [1.807, 2.05) is 49.6 Å². The lowest BCUT2D eigenvalue weighted by Gasteiger charge is -2.30. The first kappa shape index (κ1) is 47.8. The van der Waals surface area contributed by atoms with Crippen LogP contribution in [0.4, 0.5) is 37.2 Å². The van der Waals surface area contributed by atoms with Gasteiger partial charge in [-0.2, -0.15) is 0 Å². The number of hydrogen-bond donors (Lipinski definition) is 1. The maximum atomic E-state index is 14.1. The van der Waals surface area contributed by atoms with Crippen LogP contribution in [-0.4, -0.2) is 95.6 Å². The van der Waals surface area contributed by atoms with Gasteiger partial charge in [-0.15, -0.1) is 0 Å². The van der Waals surface area contributed by atoms with Gasteiger partial charge in [-0.1, -0.05) is 63.6 Å². The number of nitrogens with one attached hydrogen (secondary N) is 1. The molecule has 364 valence electrons. The lowest BCUT2D eigenvalue weighted by Crippen LogP contribution is -2.36. The molecule has 4 aliphatic rings. The smallest absolute Gasteiger partial charge is 0.161 e. The average molecular weight is 976 g/mol. The van der Waals surface area contributed by atoms with Crippen molar-refractivity contribution in [3.63, 3.8) is 0 Å². The monoisotopic (exact) mass is 974 g/mol. The van der Waals surface area contributed by atoms with E-state index in [-0.39, 0.29) is 22.5 Å². The van der Waals surface area contributed by atoms with Crippen LogP contribution in [0, 0.1) is 25.5 Å². The van der Waals surface area contributed by atoms with Gasteiger partial charge in [0.05, 0.1) is 95.1 Å². The zero-order valence-electron chi connectivity index (χ0n) is 40.9. The largest absolute Gasteiger partial charge is 0.383 e. The lowest BCUT2D eigenvalue weighted by atomic mass is 9.91. The molecule has 0 bridgehead atoms. The van der Waals surface area contributed by atoms with E-state index in [0.29, 0.717) is 27.6 Å². The first-order valence-electron chi connectivity index (χ1n) is 24.1. The zero-order valence-corrected chi connectivity index (χ0v) is 41.7. The molecule has 0 unspecified atom stereocenters. The molecule has 0 radical (unpaired) electrons. The van der Waals surface area contributed by atoms with Crippen molar-refractivity contribution in [3.8, 4) is 22.5 Å². The molecular weight excluding hydrogens is 918 g/mol. The average Bonchev–Trinajstić information content (AvgIpc) is 3.84. The summed E-state index contributed by atoms with van der Waals surface area (Å²) < 4.78 is 38.4. The summed E-state index contributed by atoms with van der Waals surface area (Å²) in [6, 6.07) is 25.1. The van der Waals surface area contributed by atoms with Gasteiger partial charge in [-0.3, -0.25) is 9.97 Å². The summed E-state index contributed by atoms with van der Waals surface area (Å²) in [5.41, 5.74) is 13.8. The summed E-state index contributed by atoms with van der Waals surface area (Å²) in [7, 11) is 0. The van der Waals surface area contributed by atoms with Gasteiger partial charge in [0, 0.05) is 84.4 Å². The molecule has 0 amide bonds. The van der Waals surface area contributed by atoms with Gasteiger partial charge in [0.25, 0.3) is 0 Å². The normalized spacial score (nSPS) is 16.7. The molecule has 2 saturated heterocycles. The molecule has 6 aromatic heterocycles. The molecule has 0 aliphatic carbocycles. The Kier molecular flexibility index (Phi) is 13.3. The van der Waals surface area contributed by atoms with Gasteiger partial charge in [0.15, 0.2) is 11.3 Å². The molecule has 4 aliphatic heterocycles. The Labute approximate surface area is 418 Å². The van der Waals surface area contributed by atoms with Gasteiger partial charge >= 0.3 is 0 Å². The molecule has 0 atom stereocenters. The molecule has 2 fully saturated rings. The van der Waals surface area contributed by atoms with Crippen molar-refractivity contribution in [1.29, 1.82) is 0 Å². The fourth-order valence-electron chi connectivity index (χ4n) is 9.95. The second-order valence-corrected chi connectivity index (χ2v) is 20.0. The number of pyridine rings is 6. The predicted molar refractivity (Wildman–Crippen MR) is 280 cm³/mol. The van der Waals surface area contributed by atoms with Crippen LogP contribution in [0.15, 0.2) is 110 Å². The number of hydrogen-bond acceptors (Lipinski definition) is 12. The summed E-state index contributed by atoms with van der Waals surface area (Å²) >= 11 is 6.35. The van der Waals surface area contributed by atoms with Gasteiger partial charge in [0.2, 0.25) is 0 Å². The third-order valence-corrected chi connectivity index (χ3v) is 14.2. The minimum Gasteiger partial charge on any atom is -0.383 e. The van der Waals surface area contributed by atoms with Crippen molar-refractivity contribution in [1.82, 2.24) is 29.9 Å². The third kappa shape index (κ3) is 9.68. The topological polar surface area (TPSA) is 118 Å². The van der Waals surface area contributed by atoms with Crippen molar-refractivity contribution in [3.05, 3.63) is 149 Å². The second kappa shape index (κ2) is 19.7. The van der Waals surface area contributed by atoms with E-state index in [0.717, 1.165) is 122 Å². The van der Waals surface area contributed by atoms with Crippen molar-refractivity contribution < 1.29 is 18.3 Å². The Balaban J connectivity index is 0.000000136. The maximum absolute atomic E-state index is 14.1. The van der Waals surface area contributed by atoms with Crippen molar-refractivity contribution in [2.75, 3.05) is 85.7 Å². The summed E-state index contributed by atoms with van der Waals surface area (Å²) in [5.74, 6) is -0.575. The first-order chi connectivity index (χ1) is 34.3. The zero-order chi connectivity index (χ0) is 49.4. The van der Waals surface area contributed by atoms with Gasteiger partial charge in [-0.05, 0) is 85.6 Å². The predicted octanol–water partition coefficient (Wildman–Crippen LogP) is 11.4. The minimum atomic E-state index is -0.295. The number of ether oxygens (including phenoxy) is 2. The summed E-state index contributed by atoms with van der Waals surface area (Å²) in [5, 5.41) is 5.84. The summed E-state index contributed by atoms with van der Waals surface area (Å²) in [6.45, 7) is 21.3. The molecular formula is C56H57ClF2N10O2. The van der Waals surface area contributed by atoms with E-state index < -0.39 is 0 Å². The molecule has 15 heteroatoms. The number of morpholine rings is 2. The highest BCUT2D eigenvalue weighted by molar-refractivity contribution is 6.36. The molecule has 1 N–H and O–H groups in total. The third-order valence-electron chi connectivity index (χ3n) is 13.7. The first-order valence-corrected chi connectivity index (χ1v) is 24.5. The molecule has 2 aromatic carbocycles. The number of nitrogens with zero attached hydrogens (tertiary/aromatic N) is 9. The van der Waals surface area contributed by atoms with E-state index in [9.17, 15) is 8.78 Å². The van der Waals surface area contributed by atoms with Gasteiger partial charge in [0.1, 0.15) is 11.6 Å². The van der Waals surface area contributed by atoms with Crippen LogP contribution in [0.25, 0.3) is 44.6 Å². The van der Waals surface area contributed by atoms with Gasteiger partial charge in [-0.25, -0.2) is 28.7 Å². The van der Waals surface area contributed by atoms with Crippen LogP contribution in [0.5, 0.6) is 0 Å². The summed E-state index contributed by atoms with van der Waals surface area (Å²) in [4.78, 5) is 34.8. The van der Waals surface area contributed by atoms with E-state index in [1.54, 1.807) is 24.5 Å². The van der Waals surface area contributed by atoms with E-state index in [2.05, 4.69) is 92.8 Å². The van der Waals surface area contributed by atoms with E-state index in [4.69, 9.17) is 31.0 Å². The Morgan fingerprint density at radius 1 is 0.606 bits per heavy atom. The van der Waals surface area contributed by atoms with Crippen molar-refractivity contribution >= 4 is 62.1 Å². The Morgan fingerprint density at radius 2 is 1.14 bits per heavy atom. The number of fused-ring (bicyclic) bond motifs is 4. The van der Waals surface area contributed by atoms with E-state index >= 15 is 0 Å². The molecule has 8 aromatic rings. The van der Waals surface area contributed by atoms with Crippen LogP contribution in [0.3, 0.4) is 0 Å². The fraction of sp³-hybridized carbons (Fsp3) is 0.321. The number of halogens is 3. The van der Waals surface area contributed by atoms with Crippen molar-refractivity contribution in [2.24, 2.45) is 0 Å². The molecule has 10 heterocycles. The molecule has 12 nitrogen and oxygen atoms in total. The second-order valence-electron chi connectivity index (χ2n) is 19.7. The Bertz CT molecular complexity index is 3270. The van der Waals surface area contributed by atoms with Crippen LogP contribution < -0.4 is 20.0 Å². The highest BCUT2D eigenvalue weighted by Gasteiger charge is 2.39. The SMILES string of the molecule is CC1(C)CNc2cc(N3CCOCC3)cnc21.Cc1c(-c2cccc(F)c2)nc2ncccc2c1Cl.Cc1c(-c2cccc(F)c2)nc2ncccc2c1N1CC(C)(C)c2ncc(N3CCOCC3)cc21. The number of benzene rings is 2. The molecule has 0 saturated carbocycles.